The maximum atomic E-state index is 11.4. The Hall–Kier alpha value is -3.79. The zero-order valence-corrected chi connectivity index (χ0v) is 18.4. The molecular weight excluding hydrogens is 440 g/mol. The molecule has 6 nitrogen and oxygen atoms in total. The summed E-state index contributed by atoms with van der Waals surface area (Å²) in [5.74, 6) is 5.52. The number of imidazole rings is 1. The number of halogens is 1. The highest BCUT2D eigenvalue weighted by Gasteiger charge is 2.41. The number of carbonyl (C=O) groups is 1. The quantitative estimate of drug-likeness (QED) is 0.356. The van der Waals surface area contributed by atoms with Crippen LogP contribution in [-0.4, -0.2) is 26.2 Å². The van der Waals surface area contributed by atoms with Crippen LogP contribution in [0, 0.1) is 18.8 Å². The van der Waals surface area contributed by atoms with Crippen molar-refractivity contribution in [2.75, 3.05) is 0 Å². The number of aliphatic hydroxyl groups is 1. The van der Waals surface area contributed by atoms with Crippen LogP contribution in [0.15, 0.2) is 54.6 Å². The number of aryl methyl sites for hydroxylation is 1. The summed E-state index contributed by atoms with van der Waals surface area (Å²) in [6.45, 7) is 1.73. The first-order valence-electron chi connectivity index (χ1n) is 10.4. The summed E-state index contributed by atoms with van der Waals surface area (Å²) in [5, 5.41) is 19.9. The summed E-state index contributed by atoms with van der Waals surface area (Å²) in [5.41, 5.74) is 3.82. The standard InChI is InChI=1S/C26H19ClN2O4/c1-15-2-9-19(13-20(15)24(30)31)33-25-28-22-12-17(21(27)14-23(22)29-25)6-3-16-4-7-18(8-5-16)26(32)10-11-26/h2,4-5,7-9,12-14,32H,10-11H2,1H3,(H,28,29)(H,30,31). The van der Waals surface area contributed by atoms with Gasteiger partial charge in [-0.05, 0) is 67.3 Å². The Morgan fingerprint density at radius 1 is 1.12 bits per heavy atom. The van der Waals surface area contributed by atoms with Crippen molar-refractivity contribution in [3.8, 4) is 23.6 Å². The second-order valence-corrected chi connectivity index (χ2v) is 8.54. The molecule has 0 atom stereocenters. The normalized spacial score (nSPS) is 13.9. The van der Waals surface area contributed by atoms with Crippen LogP contribution in [0.25, 0.3) is 11.0 Å². The van der Waals surface area contributed by atoms with E-state index >= 15 is 0 Å². The second kappa shape index (κ2) is 7.96. The van der Waals surface area contributed by atoms with Gasteiger partial charge in [-0.15, -0.1) is 0 Å². The average Bonchev–Trinajstić information content (AvgIpc) is 3.42. The minimum Gasteiger partial charge on any atom is -0.478 e. The van der Waals surface area contributed by atoms with Gasteiger partial charge in [0.2, 0.25) is 0 Å². The Morgan fingerprint density at radius 2 is 1.88 bits per heavy atom. The van der Waals surface area contributed by atoms with Gasteiger partial charge in [-0.2, -0.15) is 4.98 Å². The van der Waals surface area contributed by atoms with E-state index in [4.69, 9.17) is 16.3 Å². The van der Waals surface area contributed by atoms with Gasteiger partial charge in [0.05, 0.1) is 27.2 Å². The zero-order valence-electron chi connectivity index (χ0n) is 17.6. The number of aromatic carboxylic acids is 1. The first-order valence-corrected chi connectivity index (χ1v) is 10.7. The molecule has 33 heavy (non-hydrogen) atoms. The lowest BCUT2D eigenvalue weighted by atomic mass is 10.1. The number of nitrogens with one attached hydrogen (secondary N) is 1. The molecule has 4 aromatic rings. The fourth-order valence-corrected chi connectivity index (χ4v) is 3.77. The number of fused-ring (bicyclic) bond motifs is 1. The third-order valence-corrected chi connectivity index (χ3v) is 6.00. The molecule has 0 saturated heterocycles. The smallest absolute Gasteiger partial charge is 0.336 e. The maximum absolute atomic E-state index is 11.4. The molecule has 0 unspecified atom stereocenters. The monoisotopic (exact) mass is 458 g/mol. The van der Waals surface area contributed by atoms with Crippen molar-refractivity contribution in [2.24, 2.45) is 0 Å². The molecule has 0 bridgehead atoms. The zero-order chi connectivity index (χ0) is 23.2. The summed E-state index contributed by atoms with van der Waals surface area (Å²) in [7, 11) is 0. The Kier molecular flexibility index (Phi) is 5.09. The lowest BCUT2D eigenvalue weighted by Crippen LogP contribution is -2.03. The summed E-state index contributed by atoms with van der Waals surface area (Å²) in [6.07, 6.45) is 1.60. The number of ether oxygens (including phenoxy) is 1. The molecule has 164 valence electrons. The molecule has 1 fully saturated rings. The third kappa shape index (κ3) is 4.29. The van der Waals surface area contributed by atoms with E-state index in [0.717, 1.165) is 24.0 Å². The minimum absolute atomic E-state index is 0.170. The first-order chi connectivity index (χ1) is 15.8. The van der Waals surface area contributed by atoms with Gasteiger partial charge in [-0.25, -0.2) is 4.79 Å². The van der Waals surface area contributed by atoms with Gasteiger partial charge in [0.15, 0.2) is 0 Å². The molecule has 1 aliphatic rings. The summed E-state index contributed by atoms with van der Waals surface area (Å²) >= 11 is 6.41. The highest BCUT2D eigenvalue weighted by atomic mass is 35.5. The fourth-order valence-electron chi connectivity index (χ4n) is 3.57. The molecule has 0 radical (unpaired) electrons. The molecule has 1 aliphatic carbocycles. The van der Waals surface area contributed by atoms with Gasteiger partial charge in [0.25, 0.3) is 6.01 Å². The lowest BCUT2D eigenvalue weighted by molar-refractivity contribution is 0.0695. The Balaban J connectivity index is 1.39. The Labute approximate surface area is 194 Å². The van der Waals surface area contributed by atoms with Gasteiger partial charge >= 0.3 is 5.97 Å². The number of nitrogens with zero attached hydrogens (tertiary/aromatic N) is 1. The molecule has 1 saturated carbocycles. The number of aromatic nitrogens is 2. The van der Waals surface area contributed by atoms with Crippen molar-refractivity contribution in [2.45, 2.75) is 25.4 Å². The molecule has 3 aromatic carbocycles. The fraction of sp³-hybridized carbons (Fsp3) is 0.154. The van der Waals surface area contributed by atoms with E-state index in [9.17, 15) is 15.0 Å². The summed E-state index contributed by atoms with van der Waals surface area (Å²) in [6, 6.07) is 16.1. The molecule has 1 aromatic heterocycles. The van der Waals surface area contributed by atoms with Crippen molar-refractivity contribution in [3.63, 3.8) is 0 Å². The van der Waals surface area contributed by atoms with Gasteiger partial charge in [-0.1, -0.05) is 41.6 Å². The molecule has 7 heteroatoms. The SMILES string of the molecule is Cc1ccc(Oc2nc3cc(Cl)c(C#Cc4ccc(C5(O)CC5)cc4)cc3[nH]2)cc1C(=O)O. The molecular formula is C26H19ClN2O4. The van der Waals surface area contributed by atoms with E-state index in [0.29, 0.717) is 32.9 Å². The van der Waals surface area contributed by atoms with Gasteiger partial charge < -0.3 is 19.9 Å². The molecule has 0 spiro atoms. The minimum atomic E-state index is -1.02. The number of rotatable bonds is 4. The third-order valence-electron chi connectivity index (χ3n) is 5.69. The van der Waals surface area contributed by atoms with Crippen LogP contribution in [0.3, 0.4) is 0 Å². The van der Waals surface area contributed by atoms with Crippen LogP contribution < -0.4 is 4.74 Å². The highest BCUT2D eigenvalue weighted by Crippen LogP contribution is 2.45. The van der Waals surface area contributed by atoms with E-state index in [1.807, 2.05) is 24.3 Å². The molecule has 3 N–H and O–H groups in total. The number of aromatic amines is 1. The van der Waals surface area contributed by atoms with Crippen molar-refractivity contribution < 1.29 is 19.7 Å². The molecule has 5 rings (SSSR count). The first kappa shape index (κ1) is 21.1. The molecule has 1 heterocycles. The maximum Gasteiger partial charge on any atom is 0.336 e. The van der Waals surface area contributed by atoms with Gasteiger partial charge in [-0.3, -0.25) is 0 Å². The van der Waals surface area contributed by atoms with Crippen molar-refractivity contribution >= 4 is 28.6 Å². The topological polar surface area (TPSA) is 95.4 Å². The predicted octanol–water partition coefficient (Wildman–Crippen LogP) is 5.40. The van der Waals surface area contributed by atoms with E-state index in [2.05, 4.69) is 21.8 Å². The highest BCUT2D eigenvalue weighted by molar-refractivity contribution is 6.32. The van der Waals surface area contributed by atoms with Gasteiger partial charge in [0.1, 0.15) is 5.75 Å². The van der Waals surface area contributed by atoms with E-state index in [-0.39, 0.29) is 11.6 Å². The Bertz CT molecular complexity index is 1460. The van der Waals surface area contributed by atoms with Crippen molar-refractivity contribution in [1.29, 1.82) is 0 Å². The van der Waals surface area contributed by atoms with E-state index in [1.54, 1.807) is 31.2 Å². The van der Waals surface area contributed by atoms with Crippen LogP contribution in [0.1, 0.15) is 45.5 Å². The van der Waals surface area contributed by atoms with E-state index in [1.165, 1.54) is 6.07 Å². The van der Waals surface area contributed by atoms with Crippen LogP contribution >= 0.6 is 11.6 Å². The summed E-state index contributed by atoms with van der Waals surface area (Å²) in [4.78, 5) is 18.8. The van der Waals surface area contributed by atoms with Crippen molar-refractivity contribution in [1.82, 2.24) is 9.97 Å². The number of carboxylic acids is 1. The number of hydrogen-bond acceptors (Lipinski definition) is 4. The number of benzene rings is 3. The number of hydrogen-bond donors (Lipinski definition) is 3. The van der Waals surface area contributed by atoms with Crippen LogP contribution in [0.2, 0.25) is 5.02 Å². The number of H-pyrrole nitrogens is 1. The predicted molar refractivity (Wildman–Crippen MR) is 125 cm³/mol. The van der Waals surface area contributed by atoms with E-state index < -0.39 is 11.6 Å². The summed E-state index contributed by atoms with van der Waals surface area (Å²) < 4.78 is 5.73. The van der Waals surface area contributed by atoms with Gasteiger partial charge in [0, 0.05) is 11.1 Å². The Morgan fingerprint density at radius 3 is 2.58 bits per heavy atom. The second-order valence-electron chi connectivity index (χ2n) is 8.13. The lowest BCUT2D eigenvalue weighted by Gasteiger charge is -2.06. The van der Waals surface area contributed by atoms with Crippen LogP contribution in [0.5, 0.6) is 11.8 Å². The largest absolute Gasteiger partial charge is 0.478 e. The molecule has 0 aliphatic heterocycles. The molecule has 0 amide bonds. The van der Waals surface area contributed by atoms with Crippen LogP contribution in [0.4, 0.5) is 0 Å². The number of carboxylic acid groups (broad SMARTS) is 1. The van der Waals surface area contributed by atoms with Crippen LogP contribution in [-0.2, 0) is 5.60 Å². The van der Waals surface area contributed by atoms with Crippen molar-refractivity contribution in [3.05, 3.63) is 87.4 Å². The average molecular weight is 459 g/mol.